The number of rotatable bonds is 4. The van der Waals surface area contributed by atoms with Crippen LogP contribution in [0, 0.1) is 28.1 Å². The van der Waals surface area contributed by atoms with Crippen molar-refractivity contribution < 1.29 is 4.79 Å². The van der Waals surface area contributed by atoms with Gasteiger partial charge in [0.2, 0.25) is 5.91 Å². The van der Waals surface area contributed by atoms with Gasteiger partial charge in [0, 0.05) is 6.04 Å². The van der Waals surface area contributed by atoms with Crippen LogP contribution >= 0.6 is 0 Å². The molecule has 0 aromatic carbocycles. The summed E-state index contributed by atoms with van der Waals surface area (Å²) >= 11 is 0. The number of carbonyl (C=O) groups is 1. The van der Waals surface area contributed by atoms with Gasteiger partial charge in [0.05, 0.1) is 6.07 Å². The van der Waals surface area contributed by atoms with Crippen LogP contribution in [0.1, 0.15) is 78.6 Å². The number of hydrogen-bond acceptors (Lipinski definition) is 2. The fourth-order valence-corrected chi connectivity index (χ4v) is 4.00. The molecule has 2 saturated carbocycles. The van der Waals surface area contributed by atoms with Crippen molar-refractivity contribution in [2.75, 3.05) is 0 Å². The lowest BCUT2D eigenvalue weighted by Gasteiger charge is -2.39. The van der Waals surface area contributed by atoms with E-state index in [2.05, 4.69) is 32.2 Å². The lowest BCUT2D eigenvalue weighted by Crippen LogP contribution is -2.46. The van der Waals surface area contributed by atoms with Gasteiger partial charge in [-0.05, 0) is 49.9 Å². The molecule has 1 N–H and O–H groups in total. The minimum absolute atomic E-state index is 0.000650. The molecule has 2 aliphatic rings. The zero-order valence-corrected chi connectivity index (χ0v) is 13.9. The molecule has 3 heteroatoms. The number of carbonyl (C=O) groups excluding carboxylic acids is 1. The fraction of sp³-hybridized carbons (Fsp3) is 0.889. The Labute approximate surface area is 129 Å². The SMILES string of the molecule is CCC(C)(C)C1CCC(NC(=O)C2(C#N)CCCC2)CC1. The Morgan fingerprint density at radius 3 is 2.29 bits per heavy atom. The Kier molecular flexibility index (Phi) is 4.96. The lowest BCUT2D eigenvalue weighted by molar-refractivity contribution is -0.129. The number of nitrogens with zero attached hydrogens (tertiary/aromatic N) is 1. The first kappa shape index (κ1) is 16.3. The second-order valence-corrected chi connectivity index (χ2v) is 7.77. The molecule has 0 aromatic heterocycles. The van der Waals surface area contributed by atoms with Crippen LogP contribution in [0.4, 0.5) is 0 Å². The van der Waals surface area contributed by atoms with Gasteiger partial charge >= 0.3 is 0 Å². The highest BCUT2D eigenvalue weighted by atomic mass is 16.2. The Bertz CT molecular complexity index is 407. The quantitative estimate of drug-likeness (QED) is 0.844. The van der Waals surface area contributed by atoms with Crippen LogP contribution in [0.3, 0.4) is 0 Å². The summed E-state index contributed by atoms with van der Waals surface area (Å²) in [5, 5.41) is 12.6. The molecule has 0 bridgehead atoms. The topological polar surface area (TPSA) is 52.9 Å². The number of nitriles is 1. The van der Waals surface area contributed by atoms with E-state index in [-0.39, 0.29) is 11.9 Å². The van der Waals surface area contributed by atoms with Crippen LogP contribution in [0.25, 0.3) is 0 Å². The van der Waals surface area contributed by atoms with E-state index >= 15 is 0 Å². The minimum atomic E-state index is -0.723. The maximum atomic E-state index is 12.5. The molecule has 118 valence electrons. The molecule has 0 unspecified atom stereocenters. The Balaban J connectivity index is 1.86. The van der Waals surface area contributed by atoms with Crippen LogP contribution in [-0.2, 0) is 4.79 Å². The van der Waals surface area contributed by atoms with E-state index in [0.717, 1.165) is 44.4 Å². The highest BCUT2D eigenvalue weighted by Gasteiger charge is 2.42. The predicted molar refractivity (Wildman–Crippen MR) is 84.5 cm³/mol. The number of nitrogens with one attached hydrogen (secondary N) is 1. The monoisotopic (exact) mass is 290 g/mol. The van der Waals surface area contributed by atoms with Gasteiger partial charge in [-0.3, -0.25) is 4.79 Å². The highest BCUT2D eigenvalue weighted by molar-refractivity contribution is 5.85. The van der Waals surface area contributed by atoms with E-state index in [1.807, 2.05) is 0 Å². The van der Waals surface area contributed by atoms with Gasteiger partial charge in [-0.2, -0.15) is 5.26 Å². The van der Waals surface area contributed by atoms with Crippen molar-refractivity contribution in [1.82, 2.24) is 5.32 Å². The van der Waals surface area contributed by atoms with Crippen LogP contribution in [0.5, 0.6) is 0 Å². The first-order valence-electron chi connectivity index (χ1n) is 8.66. The van der Waals surface area contributed by atoms with Gasteiger partial charge in [0.25, 0.3) is 0 Å². The van der Waals surface area contributed by atoms with Crippen LogP contribution in [0.2, 0.25) is 0 Å². The van der Waals surface area contributed by atoms with Gasteiger partial charge in [-0.15, -0.1) is 0 Å². The predicted octanol–water partition coefficient (Wildman–Crippen LogP) is 4.18. The molecule has 2 fully saturated rings. The molecule has 2 aliphatic carbocycles. The molecule has 0 aliphatic heterocycles. The van der Waals surface area contributed by atoms with Crippen LogP contribution in [0.15, 0.2) is 0 Å². The van der Waals surface area contributed by atoms with Crippen molar-refractivity contribution >= 4 is 5.91 Å². The van der Waals surface area contributed by atoms with Gasteiger partial charge in [0.1, 0.15) is 5.41 Å². The first-order chi connectivity index (χ1) is 9.93. The largest absolute Gasteiger partial charge is 0.352 e. The Morgan fingerprint density at radius 1 is 1.24 bits per heavy atom. The summed E-state index contributed by atoms with van der Waals surface area (Å²) in [4.78, 5) is 12.5. The third-order valence-electron chi connectivity index (χ3n) is 6.18. The summed E-state index contributed by atoms with van der Waals surface area (Å²) in [6, 6.07) is 2.58. The minimum Gasteiger partial charge on any atom is -0.352 e. The van der Waals surface area contributed by atoms with E-state index in [1.54, 1.807) is 0 Å². The van der Waals surface area contributed by atoms with Crippen molar-refractivity contribution in [2.45, 2.75) is 84.6 Å². The molecule has 0 spiro atoms. The van der Waals surface area contributed by atoms with Crippen molar-refractivity contribution in [3.05, 3.63) is 0 Å². The summed E-state index contributed by atoms with van der Waals surface area (Å²) in [5.41, 5.74) is -0.312. The van der Waals surface area contributed by atoms with Crippen molar-refractivity contribution in [3.8, 4) is 6.07 Å². The highest BCUT2D eigenvalue weighted by Crippen LogP contribution is 2.41. The van der Waals surface area contributed by atoms with Crippen molar-refractivity contribution in [3.63, 3.8) is 0 Å². The van der Waals surface area contributed by atoms with E-state index < -0.39 is 5.41 Å². The third-order valence-corrected chi connectivity index (χ3v) is 6.18. The molecule has 0 radical (unpaired) electrons. The van der Waals surface area contributed by atoms with Gasteiger partial charge < -0.3 is 5.32 Å². The summed E-state index contributed by atoms with van der Waals surface area (Å²) in [6.45, 7) is 6.99. The zero-order valence-electron chi connectivity index (χ0n) is 13.9. The second-order valence-electron chi connectivity index (χ2n) is 7.77. The normalized spacial score (nSPS) is 28.9. The molecule has 3 nitrogen and oxygen atoms in total. The summed E-state index contributed by atoms with van der Waals surface area (Å²) in [5.74, 6) is 0.771. The number of hydrogen-bond donors (Lipinski definition) is 1. The molecule has 21 heavy (non-hydrogen) atoms. The number of amides is 1. The van der Waals surface area contributed by atoms with E-state index in [1.165, 1.54) is 19.3 Å². The molecule has 0 heterocycles. The third kappa shape index (κ3) is 3.42. The van der Waals surface area contributed by atoms with Gasteiger partial charge in [-0.25, -0.2) is 0 Å². The van der Waals surface area contributed by atoms with Crippen molar-refractivity contribution in [1.29, 1.82) is 5.26 Å². The molecule has 1 amide bonds. The van der Waals surface area contributed by atoms with Gasteiger partial charge in [0.15, 0.2) is 0 Å². The standard InChI is InChI=1S/C18H30N2O/c1-4-17(2,3)14-7-9-15(10-8-14)20-16(21)18(13-19)11-5-6-12-18/h14-15H,4-12H2,1-3H3,(H,20,21). The average molecular weight is 290 g/mol. The molecule has 0 saturated heterocycles. The summed E-state index contributed by atoms with van der Waals surface area (Å²) in [6.07, 6.45) is 9.27. The van der Waals surface area contributed by atoms with Gasteiger partial charge in [-0.1, -0.05) is 40.0 Å². The average Bonchev–Trinajstić information content (AvgIpc) is 2.98. The first-order valence-corrected chi connectivity index (χ1v) is 8.66. The van der Waals surface area contributed by atoms with Crippen molar-refractivity contribution in [2.24, 2.45) is 16.7 Å². The molecule has 0 aromatic rings. The van der Waals surface area contributed by atoms with E-state index in [4.69, 9.17) is 0 Å². The Morgan fingerprint density at radius 2 is 1.81 bits per heavy atom. The van der Waals surface area contributed by atoms with Crippen LogP contribution < -0.4 is 5.32 Å². The molecular weight excluding hydrogens is 260 g/mol. The Hall–Kier alpha value is -1.04. The molecule has 0 atom stereocenters. The maximum Gasteiger partial charge on any atom is 0.240 e. The lowest BCUT2D eigenvalue weighted by atomic mass is 9.69. The molecule has 2 rings (SSSR count). The maximum absolute atomic E-state index is 12.5. The van der Waals surface area contributed by atoms with E-state index in [9.17, 15) is 10.1 Å². The van der Waals surface area contributed by atoms with Crippen LogP contribution in [-0.4, -0.2) is 11.9 Å². The molecular formula is C18H30N2O. The zero-order chi connectivity index (χ0) is 15.5. The smallest absolute Gasteiger partial charge is 0.240 e. The second kappa shape index (κ2) is 6.38. The summed E-state index contributed by atoms with van der Waals surface area (Å²) in [7, 11) is 0. The van der Waals surface area contributed by atoms with E-state index in [0.29, 0.717) is 5.41 Å². The fourth-order valence-electron chi connectivity index (χ4n) is 4.00. The summed E-state index contributed by atoms with van der Waals surface area (Å²) < 4.78 is 0.